The number of hydrogen-bond acceptors (Lipinski definition) is 5. The van der Waals surface area contributed by atoms with E-state index >= 15 is 0 Å². The van der Waals surface area contributed by atoms with E-state index in [9.17, 15) is 10.1 Å². The van der Waals surface area contributed by atoms with Gasteiger partial charge in [0.1, 0.15) is 5.60 Å². The lowest BCUT2D eigenvalue weighted by Crippen LogP contribution is -2.33. The third-order valence-corrected chi connectivity index (χ3v) is 3.03. The third-order valence-electron chi connectivity index (χ3n) is 3.03. The summed E-state index contributed by atoms with van der Waals surface area (Å²) in [4.78, 5) is 20.8. The lowest BCUT2D eigenvalue weighted by molar-refractivity contribution is 0.0527. The molecule has 1 heterocycles. The molecule has 25 heavy (non-hydrogen) atoms. The Balaban J connectivity index is 2.25. The van der Waals surface area contributed by atoms with Crippen molar-refractivity contribution in [1.82, 2.24) is 10.3 Å². The number of hydrogen-bond donors (Lipinski definition) is 2. The molecule has 1 aromatic rings. The van der Waals surface area contributed by atoms with Crippen LogP contribution in [-0.4, -0.2) is 35.7 Å². The van der Waals surface area contributed by atoms with Crippen LogP contribution in [0.2, 0.25) is 0 Å². The SMILES string of the molecule is CC(C)(C)OC(=O)NCCCCCN=C(N)N(C#N)c1ccncc1. The number of carbonyl (C=O) groups is 1. The Bertz CT molecular complexity index is 604. The van der Waals surface area contributed by atoms with E-state index in [2.05, 4.69) is 15.3 Å². The van der Waals surface area contributed by atoms with Crippen molar-refractivity contribution >= 4 is 17.7 Å². The molecule has 8 nitrogen and oxygen atoms in total. The number of nitrogens with zero attached hydrogens (tertiary/aromatic N) is 4. The molecular weight excluding hydrogens is 320 g/mol. The van der Waals surface area contributed by atoms with Crippen LogP contribution in [0.5, 0.6) is 0 Å². The fraction of sp³-hybridized carbons (Fsp3) is 0.529. The number of nitrogens with one attached hydrogen (secondary N) is 1. The zero-order valence-corrected chi connectivity index (χ0v) is 15.0. The summed E-state index contributed by atoms with van der Waals surface area (Å²) >= 11 is 0. The van der Waals surface area contributed by atoms with Crippen molar-refractivity contribution in [3.8, 4) is 6.19 Å². The number of ether oxygens (including phenoxy) is 1. The van der Waals surface area contributed by atoms with Gasteiger partial charge < -0.3 is 15.8 Å². The predicted octanol–water partition coefficient (Wildman–Crippen LogP) is 2.38. The molecule has 0 aromatic carbocycles. The number of rotatable bonds is 7. The van der Waals surface area contributed by atoms with Crippen LogP contribution in [0.4, 0.5) is 10.5 Å². The number of pyridine rings is 1. The van der Waals surface area contributed by atoms with E-state index in [1.807, 2.05) is 27.0 Å². The molecule has 0 spiro atoms. The summed E-state index contributed by atoms with van der Waals surface area (Å²) in [6.07, 6.45) is 7.28. The monoisotopic (exact) mass is 346 g/mol. The van der Waals surface area contributed by atoms with Gasteiger partial charge in [0.15, 0.2) is 6.19 Å². The molecule has 0 aliphatic rings. The van der Waals surface area contributed by atoms with Crippen LogP contribution in [0.25, 0.3) is 0 Å². The van der Waals surface area contributed by atoms with Crippen LogP contribution in [0.3, 0.4) is 0 Å². The van der Waals surface area contributed by atoms with Crippen molar-refractivity contribution in [2.24, 2.45) is 10.7 Å². The maximum Gasteiger partial charge on any atom is 0.407 e. The van der Waals surface area contributed by atoms with E-state index in [0.29, 0.717) is 18.8 Å². The van der Waals surface area contributed by atoms with Crippen LogP contribution < -0.4 is 16.0 Å². The number of aliphatic imine (C=N–C) groups is 1. The summed E-state index contributed by atoms with van der Waals surface area (Å²) in [6.45, 7) is 6.54. The van der Waals surface area contributed by atoms with Crippen molar-refractivity contribution in [1.29, 1.82) is 5.26 Å². The van der Waals surface area contributed by atoms with E-state index in [1.165, 1.54) is 4.90 Å². The molecule has 0 aliphatic heterocycles. The Kier molecular flexibility index (Phi) is 8.19. The van der Waals surface area contributed by atoms with Crippen LogP contribution in [0.15, 0.2) is 29.5 Å². The van der Waals surface area contributed by atoms with E-state index in [0.717, 1.165) is 19.3 Å². The number of guanidine groups is 1. The van der Waals surface area contributed by atoms with Gasteiger partial charge in [-0.2, -0.15) is 5.26 Å². The number of aromatic nitrogens is 1. The fourth-order valence-corrected chi connectivity index (χ4v) is 1.92. The van der Waals surface area contributed by atoms with Crippen molar-refractivity contribution in [2.45, 2.75) is 45.6 Å². The Morgan fingerprint density at radius 1 is 1.36 bits per heavy atom. The van der Waals surface area contributed by atoms with Crippen LogP contribution >= 0.6 is 0 Å². The summed E-state index contributed by atoms with van der Waals surface area (Å²) in [5.41, 5.74) is 6.00. The first-order valence-corrected chi connectivity index (χ1v) is 8.20. The molecule has 136 valence electrons. The molecule has 0 aliphatic carbocycles. The Morgan fingerprint density at radius 3 is 2.64 bits per heavy atom. The van der Waals surface area contributed by atoms with Crippen molar-refractivity contribution < 1.29 is 9.53 Å². The van der Waals surface area contributed by atoms with E-state index in [-0.39, 0.29) is 5.96 Å². The Hall–Kier alpha value is -2.82. The minimum absolute atomic E-state index is 0.153. The zero-order valence-electron chi connectivity index (χ0n) is 15.0. The first kappa shape index (κ1) is 20.2. The van der Waals surface area contributed by atoms with E-state index in [1.54, 1.807) is 24.5 Å². The number of amides is 1. The number of nitrogens with two attached hydrogens (primary N) is 1. The van der Waals surface area contributed by atoms with Gasteiger partial charge in [-0.25, -0.2) is 9.69 Å². The van der Waals surface area contributed by atoms with Gasteiger partial charge in [-0.3, -0.25) is 9.98 Å². The molecule has 0 saturated carbocycles. The second kappa shape index (κ2) is 10.1. The van der Waals surface area contributed by atoms with E-state index < -0.39 is 11.7 Å². The number of unbranched alkanes of at least 4 members (excludes halogenated alkanes) is 2. The summed E-state index contributed by atoms with van der Waals surface area (Å²) in [5, 5.41) is 11.9. The average Bonchev–Trinajstić information content (AvgIpc) is 2.54. The highest BCUT2D eigenvalue weighted by Gasteiger charge is 2.15. The molecule has 0 saturated heterocycles. The number of nitriles is 1. The van der Waals surface area contributed by atoms with Crippen molar-refractivity contribution in [2.75, 3.05) is 18.0 Å². The molecule has 1 rings (SSSR count). The molecule has 3 N–H and O–H groups in total. The van der Waals surface area contributed by atoms with Gasteiger partial charge in [0.05, 0.1) is 5.69 Å². The minimum Gasteiger partial charge on any atom is -0.444 e. The normalized spacial score (nSPS) is 11.5. The molecule has 8 heteroatoms. The van der Waals surface area contributed by atoms with Crippen LogP contribution in [-0.2, 0) is 4.74 Å². The van der Waals surface area contributed by atoms with Gasteiger partial charge in [-0.15, -0.1) is 0 Å². The first-order valence-electron chi connectivity index (χ1n) is 8.20. The molecule has 0 unspecified atom stereocenters. The predicted molar refractivity (Wildman–Crippen MR) is 96.9 cm³/mol. The van der Waals surface area contributed by atoms with Gasteiger partial charge in [-0.05, 0) is 52.2 Å². The lowest BCUT2D eigenvalue weighted by Gasteiger charge is -2.19. The quantitative estimate of drug-likeness (QED) is 0.257. The fourth-order valence-electron chi connectivity index (χ4n) is 1.92. The minimum atomic E-state index is -0.488. The highest BCUT2D eigenvalue weighted by atomic mass is 16.6. The maximum atomic E-state index is 11.5. The van der Waals surface area contributed by atoms with Crippen molar-refractivity contribution in [3.63, 3.8) is 0 Å². The molecule has 0 atom stereocenters. The summed E-state index contributed by atoms with van der Waals surface area (Å²) in [5.74, 6) is 0.153. The zero-order chi connectivity index (χ0) is 18.7. The van der Waals surface area contributed by atoms with Gasteiger partial charge >= 0.3 is 6.09 Å². The molecule has 0 bridgehead atoms. The van der Waals surface area contributed by atoms with Crippen LogP contribution in [0.1, 0.15) is 40.0 Å². The highest BCUT2D eigenvalue weighted by Crippen LogP contribution is 2.10. The molecule has 0 fully saturated rings. The van der Waals surface area contributed by atoms with E-state index in [4.69, 9.17) is 10.5 Å². The second-order valence-electron chi connectivity index (χ2n) is 6.37. The second-order valence-corrected chi connectivity index (χ2v) is 6.37. The summed E-state index contributed by atoms with van der Waals surface area (Å²) in [7, 11) is 0. The lowest BCUT2D eigenvalue weighted by atomic mass is 10.2. The third kappa shape index (κ3) is 8.55. The van der Waals surface area contributed by atoms with Gasteiger partial charge in [0.2, 0.25) is 5.96 Å². The Morgan fingerprint density at radius 2 is 2.04 bits per heavy atom. The number of alkyl carbamates (subject to hydrolysis) is 1. The van der Waals surface area contributed by atoms with Gasteiger partial charge in [-0.1, -0.05) is 0 Å². The number of anilines is 1. The number of carbonyl (C=O) groups excluding carboxylic acids is 1. The van der Waals surface area contributed by atoms with Gasteiger partial charge in [0.25, 0.3) is 0 Å². The Labute approximate surface area is 148 Å². The smallest absolute Gasteiger partial charge is 0.407 e. The first-order chi connectivity index (χ1) is 11.8. The average molecular weight is 346 g/mol. The topological polar surface area (TPSA) is 117 Å². The summed E-state index contributed by atoms with van der Waals surface area (Å²) < 4.78 is 5.15. The maximum absolute atomic E-state index is 11.5. The summed E-state index contributed by atoms with van der Waals surface area (Å²) in [6, 6.07) is 3.38. The highest BCUT2D eigenvalue weighted by molar-refractivity contribution is 5.97. The molecule has 1 amide bonds. The molecular formula is C17H26N6O2. The van der Waals surface area contributed by atoms with Crippen molar-refractivity contribution in [3.05, 3.63) is 24.5 Å². The standard InChI is InChI=1S/C17H26N6O2/c1-17(2,3)25-16(24)22-10-6-4-5-9-21-15(19)23(13-18)14-7-11-20-12-8-14/h7-8,11-12H,4-6,9-10H2,1-3H3,(H2,19,21)(H,22,24). The molecule has 0 radical (unpaired) electrons. The molecule has 1 aromatic heterocycles. The largest absolute Gasteiger partial charge is 0.444 e. The van der Waals surface area contributed by atoms with Crippen LogP contribution in [0, 0.1) is 11.5 Å². The van der Waals surface area contributed by atoms with Gasteiger partial charge in [0, 0.05) is 25.5 Å².